The van der Waals surface area contributed by atoms with Gasteiger partial charge in [0.05, 0.1) is 12.9 Å². The zero-order chi connectivity index (χ0) is 10.8. The molecule has 0 atom stereocenters. The Morgan fingerprint density at radius 2 is 1.71 bits per heavy atom. The lowest BCUT2D eigenvalue weighted by atomic mass is 10.2. The van der Waals surface area contributed by atoms with Gasteiger partial charge in [0, 0.05) is 8.95 Å². The van der Waals surface area contributed by atoms with E-state index < -0.39 is 10.1 Å². The summed E-state index contributed by atoms with van der Waals surface area (Å²) in [7, 11) is -3.38. The first-order valence-corrected chi connectivity index (χ1v) is 7.06. The molecule has 1 aromatic rings. The van der Waals surface area contributed by atoms with Crippen LogP contribution in [0.3, 0.4) is 0 Å². The second-order valence-electron chi connectivity index (χ2n) is 2.74. The Bertz CT molecular complexity index is 408. The molecule has 1 rings (SSSR count). The molecule has 0 amide bonds. The van der Waals surface area contributed by atoms with Crippen LogP contribution in [0, 0.1) is 0 Å². The van der Waals surface area contributed by atoms with Crippen LogP contribution in [0.25, 0.3) is 0 Å². The molecule has 0 aliphatic rings. The summed E-state index contributed by atoms with van der Waals surface area (Å²) in [5, 5.41) is 0. The van der Waals surface area contributed by atoms with Gasteiger partial charge in [-0.1, -0.05) is 31.9 Å². The van der Waals surface area contributed by atoms with Crippen molar-refractivity contribution in [2.45, 2.75) is 6.61 Å². The molecular weight excluding hydrogens is 336 g/mol. The van der Waals surface area contributed by atoms with E-state index in [1.165, 1.54) is 0 Å². The van der Waals surface area contributed by atoms with Gasteiger partial charge >= 0.3 is 0 Å². The van der Waals surface area contributed by atoms with Crippen LogP contribution in [-0.4, -0.2) is 14.7 Å². The summed E-state index contributed by atoms with van der Waals surface area (Å²) >= 11 is 6.60. The van der Waals surface area contributed by atoms with Crippen LogP contribution in [-0.2, 0) is 20.9 Å². The fourth-order valence-corrected chi connectivity index (χ4v) is 2.61. The average Bonchev–Trinajstić information content (AvgIpc) is 1.97. The lowest BCUT2D eigenvalue weighted by molar-refractivity contribution is 0.311. The minimum atomic E-state index is -3.38. The van der Waals surface area contributed by atoms with Gasteiger partial charge in [-0.05, 0) is 23.8 Å². The topological polar surface area (TPSA) is 43.4 Å². The van der Waals surface area contributed by atoms with E-state index >= 15 is 0 Å². The van der Waals surface area contributed by atoms with E-state index in [0.29, 0.717) is 0 Å². The number of rotatable bonds is 3. The molecule has 0 bridgehead atoms. The van der Waals surface area contributed by atoms with Crippen LogP contribution in [0.5, 0.6) is 0 Å². The molecule has 6 heteroatoms. The van der Waals surface area contributed by atoms with Crippen molar-refractivity contribution < 1.29 is 12.6 Å². The predicted molar refractivity (Wildman–Crippen MR) is 61.5 cm³/mol. The Labute approximate surface area is 99.8 Å². The van der Waals surface area contributed by atoms with Crippen molar-refractivity contribution in [3.8, 4) is 0 Å². The smallest absolute Gasteiger partial charge is 0.264 e. The summed E-state index contributed by atoms with van der Waals surface area (Å²) in [6.45, 7) is 0.0525. The fourth-order valence-electron chi connectivity index (χ4n) is 0.869. The van der Waals surface area contributed by atoms with Crippen molar-refractivity contribution >= 4 is 42.0 Å². The van der Waals surface area contributed by atoms with Crippen LogP contribution < -0.4 is 0 Å². The van der Waals surface area contributed by atoms with Gasteiger partial charge in [0.2, 0.25) is 0 Å². The monoisotopic (exact) mass is 342 g/mol. The molecule has 0 radical (unpaired) electrons. The molecule has 1 aromatic carbocycles. The largest absolute Gasteiger partial charge is 0.265 e. The van der Waals surface area contributed by atoms with E-state index in [4.69, 9.17) is 0 Å². The molecule has 0 saturated heterocycles. The fraction of sp³-hybridized carbons (Fsp3) is 0.250. The summed E-state index contributed by atoms with van der Waals surface area (Å²) < 4.78 is 27.9. The van der Waals surface area contributed by atoms with Crippen molar-refractivity contribution in [3.63, 3.8) is 0 Å². The molecule has 0 N–H and O–H groups in total. The van der Waals surface area contributed by atoms with Crippen molar-refractivity contribution in [3.05, 3.63) is 32.7 Å². The third-order valence-electron chi connectivity index (χ3n) is 1.36. The lowest BCUT2D eigenvalue weighted by Gasteiger charge is -2.03. The zero-order valence-electron chi connectivity index (χ0n) is 7.33. The first-order chi connectivity index (χ1) is 6.37. The Hall–Kier alpha value is 0.0900. The number of benzene rings is 1. The molecule has 0 unspecified atom stereocenters. The second-order valence-corrected chi connectivity index (χ2v) is 6.22. The summed E-state index contributed by atoms with van der Waals surface area (Å²) in [5.74, 6) is 0. The summed E-state index contributed by atoms with van der Waals surface area (Å²) in [5.41, 5.74) is 0.789. The average molecular weight is 344 g/mol. The molecule has 0 fully saturated rings. The van der Waals surface area contributed by atoms with Crippen molar-refractivity contribution in [1.82, 2.24) is 0 Å². The molecule has 0 aliphatic carbocycles. The maximum absolute atomic E-state index is 10.7. The molecule has 0 aliphatic heterocycles. The van der Waals surface area contributed by atoms with E-state index in [1.807, 2.05) is 6.07 Å². The molecule has 78 valence electrons. The van der Waals surface area contributed by atoms with Crippen LogP contribution in [0.15, 0.2) is 27.1 Å². The highest BCUT2D eigenvalue weighted by molar-refractivity contribution is 9.11. The van der Waals surface area contributed by atoms with Crippen LogP contribution in [0.2, 0.25) is 0 Å². The third kappa shape index (κ3) is 4.54. The molecule has 0 heterocycles. The van der Waals surface area contributed by atoms with E-state index in [-0.39, 0.29) is 6.61 Å². The first-order valence-electron chi connectivity index (χ1n) is 3.66. The first kappa shape index (κ1) is 12.2. The second kappa shape index (κ2) is 4.74. The van der Waals surface area contributed by atoms with Gasteiger partial charge in [-0.3, -0.25) is 4.18 Å². The van der Waals surface area contributed by atoms with Crippen LogP contribution >= 0.6 is 31.9 Å². The maximum atomic E-state index is 10.7. The van der Waals surface area contributed by atoms with Crippen molar-refractivity contribution in [2.24, 2.45) is 0 Å². The highest BCUT2D eigenvalue weighted by Crippen LogP contribution is 2.20. The molecule has 14 heavy (non-hydrogen) atoms. The predicted octanol–water partition coefficient (Wildman–Crippen LogP) is 2.69. The van der Waals surface area contributed by atoms with E-state index in [9.17, 15) is 8.42 Å². The van der Waals surface area contributed by atoms with Gasteiger partial charge in [-0.15, -0.1) is 0 Å². The van der Waals surface area contributed by atoms with Gasteiger partial charge in [0.15, 0.2) is 0 Å². The lowest BCUT2D eigenvalue weighted by Crippen LogP contribution is -2.02. The van der Waals surface area contributed by atoms with Crippen molar-refractivity contribution in [1.29, 1.82) is 0 Å². The van der Waals surface area contributed by atoms with Crippen molar-refractivity contribution in [2.75, 3.05) is 6.26 Å². The minimum absolute atomic E-state index is 0.0525. The summed E-state index contributed by atoms with van der Waals surface area (Å²) in [6, 6.07) is 5.47. The number of hydrogen-bond donors (Lipinski definition) is 0. The van der Waals surface area contributed by atoms with Gasteiger partial charge < -0.3 is 0 Å². The van der Waals surface area contributed by atoms with Crippen LogP contribution in [0.1, 0.15) is 5.56 Å². The molecule has 0 spiro atoms. The molecule has 0 aromatic heterocycles. The van der Waals surface area contributed by atoms with Gasteiger partial charge in [-0.2, -0.15) is 8.42 Å². The standard InChI is InChI=1S/C8H8Br2O3S/c1-14(11,12)13-5-6-2-7(9)4-8(10)3-6/h2-4H,5H2,1H3. The molecule has 0 saturated carbocycles. The zero-order valence-corrected chi connectivity index (χ0v) is 11.3. The third-order valence-corrected chi connectivity index (χ3v) is 2.82. The highest BCUT2D eigenvalue weighted by atomic mass is 79.9. The quantitative estimate of drug-likeness (QED) is 0.792. The van der Waals surface area contributed by atoms with Gasteiger partial charge in [0.25, 0.3) is 10.1 Å². The molecule has 3 nitrogen and oxygen atoms in total. The van der Waals surface area contributed by atoms with Gasteiger partial charge in [0.1, 0.15) is 0 Å². The van der Waals surface area contributed by atoms with E-state index in [2.05, 4.69) is 36.0 Å². The highest BCUT2D eigenvalue weighted by Gasteiger charge is 2.03. The van der Waals surface area contributed by atoms with E-state index in [1.54, 1.807) is 12.1 Å². The maximum Gasteiger partial charge on any atom is 0.264 e. The Balaban J connectivity index is 2.78. The number of hydrogen-bond acceptors (Lipinski definition) is 3. The Morgan fingerprint density at radius 3 is 2.14 bits per heavy atom. The van der Waals surface area contributed by atoms with E-state index in [0.717, 1.165) is 20.8 Å². The Morgan fingerprint density at radius 1 is 1.21 bits per heavy atom. The molecular formula is C8H8Br2O3S. The summed E-state index contributed by atoms with van der Waals surface area (Å²) in [6.07, 6.45) is 1.03. The van der Waals surface area contributed by atoms with Crippen LogP contribution in [0.4, 0.5) is 0 Å². The van der Waals surface area contributed by atoms with Gasteiger partial charge in [-0.25, -0.2) is 0 Å². The Kier molecular flexibility index (Phi) is 4.12. The number of halogens is 2. The minimum Gasteiger partial charge on any atom is -0.265 e. The summed E-state index contributed by atoms with van der Waals surface area (Å²) in [4.78, 5) is 0. The normalized spacial score (nSPS) is 11.6. The SMILES string of the molecule is CS(=O)(=O)OCc1cc(Br)cc(Br)c1.